The number of para-hydroxylation sites is 1. The highest BCUT2D eigenvalue weighted by Crippen LogP contribution is 2.65. The van der Waals surface area contributed by atoms with Gasteiger partial charge >= 0.3 is 5.97 Å². The fourth-order valence-electron chi connectivity index (χ4n) is 7.77. The third kappa shape index (κ3) is 4.61. The summed E-state index contributed by atoms with van der Waals surface area (Å²) in [4.78, 5) is 15.9. The van der Waals surface area contributed by atoms with Gasteiger partial charge in [0.25, 0.3) is 0 Å². The van der Waals surface area contributed by atoms with E-state index in [0.29, 0.717) is 17.7 Å². The van der Waals surface area contributed by atoms with Crippen molar-refractivity contribution in [3.05, 3.63) is 59.2 Å². The van der Waals surface area contributed by atoms with Crippen LogP contribution in [0.25, 0.3) is 22.2 Å². The van der Waals surface area contributed by atoms with Crippen LogP contribution in [-0.4, -0.2) is 53.9 Å². The number of benzene rings is 2. The van der Waals surface area contributed by atoms with E-state index in [-0.39, 0.29) is 17.3 Å². The fraction of sp³-hybridized carbons (Fsp3) is 0.545. The van der Waals surface area contributed by atoms with Gasteiger partial charge in [0.05, 0.1) is 18.2 Å². The maximum atomic E-state index is 13.6. The number of methoxy groups -OCH3 is 1. The van der Waals surface area contributed by atoms with Gasteiger partial charge < -0.3 is 9.30 Å². The van der Waals surface area contributed by atoms with Gasteiger partial charge in [0.2, 0.25) is 0 Å². The molecule has 0 amide bonds. The number of hydrogen-bond donors (Lipinski definition) is 0. The molecular weight excluding hydrogens is 527 g/mol. The molecule has 2 aliphatic rings. The van der Waals surface area contributed by atoms with E-state index in [1.54, 1.807) is 0 Å². The van der Waals surface area contributed by atoms with Gasteiger partial charge in [0, 0.05) is 65.7 Å². The monoisotopic (exact) mass is 568 g/mol. The van der Waals surface area contributed by atoms with E-state index >= 15 is 0 Å². The average Bonchev–Trinajstić information content (AvgIpc) is 3.25. The molecule has 4 nitrogen and oxygen atoms in total. The number of carbonyl (C=O) groups is 1. The zero-order chi connectivity index (χ0) is 27.9. The Morgan fingerprint density at radius 3 is 2.46 bits per heavy atom. The number of ether oxygens (including phenoxy) is 1. The van der Waals surface area contributed by atoms with Gasteiger partial charge in [-0.15, -0.1) is 23.2 Å². The Hall–Kier alpha value is -2.01. The Morgan fingerprint density at radius 2 is 1.79 bits per heavy atom. The van der Waals surface area contributed by atoms with Crippen LogP contribution in [0.5, 0.6) is 0 Å². The molecule has 0 radical (unpaired) electrons. The van der Waals surface area contributed by atoms with Crippen molar-refractivity contribution in [2.75, 3.05) is 38.5 Å². The van der Waals surface area contributed by atoms with Crippen LogP contribution in [-0.2, 0) is 21.5 Å². The highest BCUT2D eigenvalue weighted by atomic mass is 35.5. The molecule has 1 unspecified atom stereocenters. The van der Waals surface area contributed by atoms with Crippen molar-refractivity contribution in [3.8, 4) is 11.3 Å². The third-order valence-electron chi connectivity index (χ3n) is 9.64. The molecule has 1 saturated carbocycles. The number of fused-ring (bicyclic) bond motifs is 8. The Kier molecular flexibility index (Phi) is 8.12. The van der Waals surface area contributed by atoms with Crippen LogP contribution in [0.15, 0.2) is 42.5 Å². The second-order valence-corrected chi connectivity index (χ2v) is 13.0. The van der Waals surface area contributed by atoms with E-state index in [2.05, 4.69) is 79.6 Å². The molecule has 5 rings (SSSR count). The topological polar surface area (TPSA) is 34.5 Å². The maximum absolute atomic E-state index is 13.6. The summed E-state index contributed by atoms with van der Waals surface area (Å²) in [6.45, 7) is 12.4. The molecule has 0 aliphatic heterocycles. The summed E-state index contributed by atoms with van der Waals surface area (Å²) in [7, 11) is 1.54. The van der Waals surface area contributed by atoms with Crippen molar-refractivity contribution in [2.24, 2.45) is 5.41 Å². The van der Waals surface area contributed by atoms with E-state index in [1.165, 1.54) is 46.0 Å². The average molecular weight is 570 g/mol. The van der Waals surface area contributed by atoms with Crippen LogP contribution < -0.4 is 0 Å². The van der Waals surface area contributed by atoms with Crippen LogP contribution in [0.2, 0.25) is 0 Å². The van der Waals surface area contributed by atoms with Crippen molar-refractivity contribution < 1.29 is 9.53 Å². The first-order chi connectivity index (χ1) is 18.7. The SMILES string of the molecule is COC(=O)[C@]1(C)CCC[C@]2(C)c3ccc(C(C)C)cc3-c3c(c4ccccc4n3CCN(CCCl)CCCl)C12. The lowest BCUT2D eigenvalue weighted by Gasteiger charge is -2.54. The molecule has 0 N–H and O–H groups in total. The number of nitrogens with zero attached hydrogens (tertiary/aromatic N) is 2. The van der Waals surface area contributed by atoms with Gasteiger partial charge in [-0.3, -0.25) is 9.69 Å². The van der Waals surface area contributed by atoms with Gasteiger partial charge in [-0.25, -0.2) is 0 Å². The molecule has 1 fully saturated rings. The molecule has 0 saturated heterocycles. The maximum Gasteiger partial charge on any atom is 0.312 e. The van der Waals surface area contributed by atoms with Crippen molar-refractivity contribution in [3.63, 3.8) is 0 Å². The lowest BCUT2D eigenvalue weighted by molar-refractivity contribution is -0.157. The second kappa shape index (κ2) is 11.1. The standard InChI is InChI=1S/C33H42Cl2N2O2/c1-22(2)23-11-12-26-25(21-23)29-28(30-32(26,3)13-8-14-33(30,4)31(38)39-5)24-9-6-7-10-27(24)37(29)20-19-36(17-15-34)18-16-35/h6-7,9-12,21-22,30H,8,13-20H2,1-5H3/t30?,32-,33-/m1/s1. The molecule has 1 aromatic heterocycles. The van der Waals surface area contributed by atoms with Gasteiger partial charge in [0.15, 0.2) is 0 Å². The van der Waals surface area contributed by atoms with Crippen LogP contribution in [0, 0.1) is 5.41 Å². The minimum absolute atomic E-state index is 0.0199. The fourth-order valence-corrected chi connectivity index (χ4v) is 8.25. The minimum atomic E-state index is -0.608. The third-order valence-corrected chi connectivity index (χ3v) is 9.98. The van der Waals surface area contributed by atoms with Gasteiger partial charge in [-0.05, 0) is 54.5 Å². The lowest BCUT2D eigenvalue weighted by atomic mass is 9.49. The largest absolute Gasteiger partial charge is 0.469 e. The highest BCUT2D eigenvalue weighted by molar-refractivity contribution is 6.18. The number of aromatic nitrogens is 1. The highest BCUT2D eigenvalue weighted by Gasteiger charge is 2.58. The molecule has 210 valence electrons. The van der Waals surface area contributed by atoms with Crippen LogP contribution in [0.1, 0.15) is 75.5 Å². The predicted octanol–water partition coefficient (Wildman–Crippen LogP) is 7.93. The molecule has 0 bridgehead atoms. The number of rotatable bonds is 9. The van der Waals surface area contributed by atoms with Gasteiger partial charge in [0.1, 0.15) is 0 Å². The predicted molar refractivity (Wildman–Crippen MR) is 163 cm³/mol. The van der Waals surface area contributed by atoms with E-state index < -0.39 is 5.41 Å². The minimum Gasteiger partial charge on any atom is -0.469 e. The summed E-state index contributed by atoms with van der Waals surface area (Å²) in [5, 5.41) is 1.25. The molecule has 3 aromatic rings. The molecule has 6 heteroatoms. The van der Waals surface area contributed by atoms with Crippen molar-refractivity contribution in [1.29, 1.82) is 0 Å². The van der Waals surface area contributed by atoms with Crippen molar-refractivity contribution in [1.82, 2.24) is 9.47 Å². The molecule has 39 heavy (non-hydrogen) atoms. The normalized spacial score (nSPS) is 24.1. The Labute approximate surface area is 243 Å². The summed E-state index contributed by atoms with van der Waals surface area (Å²) in [5.41, 5.74) is 7.06. The molecule has 0 spiro atoms. The van der Waals surface area contributed by atoms with Crippen molar-refractivity contribution >= 4 is 40.1 Å². The molecular formula is C33H42Cl2N2O2. The first-order valence-electron chi connectivity index (χ1n) is 14.4. The molecule has 2 aromatic carbocycles. The Balaban J connectivity index is 1.81. The number of carbonyl (C=O) groups excluding carboxylic acids is 1. The number of halogens is 2. The quantitative estimate of drug-likeness (QED) is 0.194. The first kappa shape index (κ1) is 28.5. The van der Waals surface area contributed by atoms with Gasteiger partial charge in [-0.1, -0.05) is 57.5 Å². The number of esters is 1. The van der Waals surface area contributed by atoms with Crippen LogP contribution in [0.4, 0.5) is 0 Å². The summed E-state index contributed by atoms with van der Waals surface area (Å²) < 4.78 is 8.02. The first-order valence-corrected chi connectivity index (χ1v) is 15.5. The zero-order valence-electron chi connectivity index (χ0n) is 24.0. The zero-order valence-corrected chi connectivity index (χ0v) is 25.5. The van der Waals surface area contributed by atoms with E-state index in [4.69, 9.17) is 27.9 Å². The Morgan fingerprint density at radius 1 is 1.08 bits per heavy atom. The molecule has 1 heterocycles. The smallest absolute Gasteiger partial charge is 0.312 e. The number of alkyl halides is 2. The summed E-state index contributed by atoms with van der Waals surface area (Å²) in [6, 6.07) is 15.8. The lowest BCUT2D eigenvalue weighted by Crippen LogP contribution is -2.50. The van der Waals surface area contributed by atoms with Crippen molar-refractivity contribution in [2.45, 2.75) is 70.8 Å². The Bertz CT molecular complexity index is 1360. The summed E-state index contributed by atoms with van der Waals surface area (Å²) in [6.07, 6.45) is 2.89. The second-order valence-electron chi connectivity index (χ2n) is 12.2. The summed E-state index contributed by atoms with van der Waals surface area (Å²) in [5.74, 6) is 1.52. The van der Waals surface area contributed by atoms with Gasteiger partial charge in [-0.2, -0.15) is 0 Å². The number of hydrogen-bond acceptors (Lipinski definition) is 3. The van der Waals surface area contributed by atoms with E-state index in [0.717, 1.165) is 45.4 Å². The van der Waals surface area contributed by atoms with Crippen LogP contribution in [0.3, 0.4) is 0 Å². The van der Waals surface area contributed by atoms with E-state index in [9.17, 15) is 4.79 Å². The molecule has 2 aliphatic carbocycles. The summed E-state index contributed by atoms with van der Waals surface area (Å²) >= 11 is 12.3. The van der Waals surface area contributed by atoms with Crippen LogP contribution >= 0.6 is 23.2 Å². The van der Waals surface area contributed by atoms with E-state index in [1.807, 2.05) is 0 Å². The molecule has 3 atom stereocenters.